The molecule has 0 bridgehead atoms. The molecule has 1 nitrogen and oxygen atoms in total. The summed E-state index contributed by atoms with van der Waals surface area (Å²) in [5.41, 5.74) is -0.569. The van der Waals surface area contributed by atoms with E-state index >= 15 is 0 Å². The van der Waals surface area contributed by atoms with Crippen molar-refractivity contribution in [1.29, 1.82) is 0 Å². The number of hydrogen-bond acceptors (Lipinski definition) is 1. The number of rotatable bonds is 2. The molecule has 23 heavy (non-hydrogen) atoms. The van der Waals surface area contributed by atoms with Crippen molar-refractivity contribution >= 4 is 0 Å². The van der Waals surface area contributed by atoms with Crippen molar-refractivity contribution < 1.29 is 22.3 Å². The van der Waals surface area contributed by atoms with Crippen LogP contribution in [0, 0.1) is 17.8 Å². The third kappa shape index (κ3) is 3.21. The topological polar surface area (TPSA) is 9.23 Å². The Labute approximate surface area is 134 Å². The van der Waals surface area contributed by atoms with Crippen molar-refractivity contribution in [3.63, 3.8) is 0 Å². The van der Waals surface area contributed by atoms with Crippen LogP contribution in [-0.4, -0.2) is 24.6 Å². The monoisotopic (exact) mass is 332 g/mol. The molecule has 1 aliphatic heterocycles. The summed E-state index contributed by atoms with van der Waals surface area (Å²) in [6.07, 6.45) is 7.45. The average Bonchev–Trinajstić information content (AvgIpc) is 2.51. The molecule has 1 saturated carbocycles. The second kappa shape index (κ2) is 6.23. The molecule has 2 unspecified atom stereocenters. The summed E-state index contributed by atoms with van der Waals surface area (Å²) < 4.78 is 60.5. The lowest BCUT2D eigenvalue weighted by molar-refractivity contribution is -0.169. The van der Waals surface area contributed by atoms with Crippen LogP contribution in [0.4, 0.5) is 17.6 Å². The average molecular weight is 332 g/mol. The number of halogens is 4. The van der Waals surface area contributed by atoms with E-state index in [1.54, 1.807) is 0 Å². The van der Waals surface area contributed by atoms with Gasteiger partial charge in [-0.1, -0.05) is 31.9 Å². The van der Waals surface area contributed by atoms with Gasteiger partial charge < -0.3 is 4.74 Å². The maximum absolute atomic E-state index is 14.0. The molecule has 1 saturated heterocycles. The maximum atomic E-state index is 14.0. The van der Waals surface area contributed by atoms with E-state index in [4.69, 9.17) is 4.74 Å². The summed E-state index contributed by atoms with van der Waals surface area (Å²) in [7, 11) is 0. The normalized spacial score (nSPS) is 39.8. The van der Waals surface area contributed by atoms with E-state index in [1.807, 2.05) is 0 Å². The number of alkyl halides is 4. The minimum absolute atomic E-state index is 0.269. The third-order valence-electron chi connectivity index (χ3n) is 5.75. The van der Waals surface area contributed by atoms with Gasteiger partial charge in [-0.15, -0.1) is 0 Å². The molecule has 0 aromatic heterocycles. The molecular formula is C18H24F4O. The van der Waals surface area contributed by atoms with E-state index in [0.717, 1.165) is 24.5 Å². The molecule has 0 aromatic rings. The summed E-state index contributed by atoms with van der Waals surface area (Å²) in [5, 5.41) is 0. The van der Waals surface area contributed by atoms with E-state index < -0.39 is 23.5 Å². The van der Waals surface area contributed by atoms with E-state index in [2.05, 4.69) is 6.92 Å². The number of hydrogen-bond donors (Lipinski definition) is 0. The molecule has 0 amide bonds. The van der Waals surface area contributed by atoms with Crippen LogP contribution in [-0.2, 0) is 4.74 Å². The maximum Gasteiger partial charge on any atom is 0.337 e. The molecule has 3 aliphatic rings. The fraction of sp³-hybridized carbons (Fsp3) is 0.778. The van der Waals surface area contributed by atoms with Crippen LogP contribution < -0.4 is 0 Å². The Bertz CT molecular complexity index is 481. The van der Waals surface area contributed by atoms with Gasteiger partial charge in [0, 0.05) is 5.57 Å². The predicted octanol–water partition coefficient (Wildman–Crippen LogP) is 5.37. The third-order valence-corrected chi connectivity index (χ3v) is 5.75. The summed E-state index contributed by atoms with van der Waals surface area (Å²) in [6.45, 7) is 2.67. The first-order valence-electron chi connectivity index (χ1n) is 8.58. The van der Waals surface area contributed by atoms with Crippen molar-refractivity contribution in [1.82, 2.24) is 0 Å². The Morgan fingerprint density at radius 3 is 2.22 bits per heavy atom. The van der Waals surface area contributed by atoms with E-state index in [0.29, 0.717) is 24.9 Å². The summed E-state index contributed by atoms with van der Waals surface area (Å²) >= 11 is 0. The molecule has 130 valence electrons. The van der Waals surface area contributed by atoms with Crippen LogP contribution in [0.15, 0.2) is 23.8 Å². The van der Waals surface area contributed by atoms with Crippen LogP contribution in [0.5, 0.6) is 0 Å². The lowest BCUT2D eigenvalue weighted by Crippen LogP contribution is -2.47. The van der Waals surface area contributed by atoms with Gasteiger partial charge in [0.2, 0.25) is 0 Å². The fourth-order valence-corrected chi connectivity index (χ4v) is 4.13. The first kappa shape index (κ1) is 17.0. The number of allylic oxidation sites excluding steroid dienone is 3. The van der Waals surface area contributed by atoms with Crippen LogP contribution >= 0.6 is 0 Å². The lowest BCUT2D eigenvalue weighted by Gasteiger charge is -2.40. The molecule has 2 fully saturated rings. The summed E-state index contributed by atoms with van der Waals surface area (Å²) in [4.78, 5) is 0. The zero-order valence-electron chi connectivity index (χ0n) is 13.4. The first-order valence-corrected chi connectivity index (χ1v) is 8.58. The largest absolute Gasteiger partial charge is 0.373 e. The van der Waals surface area contributed by atoms with Gasteiger partial charge in [-0.05, 0) is 49.5 Å². The van der Waals surface area contributed by atoms with Crippen molar-refractivity contribution in [2.24, 2.45) is 17.8 Å². The Balaban J connectivity index is 1.61. The van der Waals surface area contributed by atoms with Gasteiger partial charge in [0.15, 0.2) is 0 Å². The van der Waals surface area contributed by atoms with Crippen molar-refractivity contribution in [2.75, 3.05) is 6.61 Å². The van der Waals surface area contributed by atoms with E-state index in [-0.39, 0.29) is 6.08 Å². The van der Waals surface area contributed by atoms with Crippen molar-refractivity contribution in [3.05, 3.63) is 23.8 Å². The molecule has 3 rings (SSSR count). The van der Waals surface area contributed by atoms with Gasteiger partial charge in [-0.2, -0.15) is 17.6 Å². The zero-order chi connectivity index (χ0) is 16.7. The van der Waals surface area contributed by atoms with Crippen LogP contribution in [0.2, 0.25) is 0 Å². The summed E-state index contributed by atoms with van der Waals surface area (Å²) in [5.74, 6) is -6.54. The Kier molecular flexibility index (Phi) is 4.60. The molecule has 2 atom stereocenters. The highest BCUT2D eigenvalue weighted by atomic mass is 19.3. The van der Waals surface area contributed by atoms with Gasteiger partial charge in [0.1, 0.15) is 0 Å². The first-order chi connectivity index (χ1) is 10.8. The molecular weight excluding hydrogens is 308 g/mol. The second-order valence-corrected chi connectivity index (χ2v) is 7.36. The minimum Gasteiger partial charge on any atom is -0.373 e. The Morgan fingerprint density at radius 1 is 0.957 bits per heavy atom. The van der Waals surface area contributed by atoms with Crippen LogP contribution in [0.3, 0.4) is 0 Å². The van der Waals surface area contributed by atoms with Gasteiger partial charge in [0.25, 0.3) is 0 Å². The highest BCUT2D eigenvalue weighted by Crippen LogP contribution is 2.47. The molecule has 0 N–H and O–H groups in total. The van der Waals surface area contributed by atoms with Crippen LogP contribution in [0.25, 0.3) is 0 Å². The van der Waals surface area contributed by atoms with Gasteiger partial charge in [0.05, 0.1) is 12.7 Å². The number of ether oxygens (including phenoxy) is 1. The second-order valence-electron chi connectivity index (χ2n) is 7.36. The smallest absolute Gasteiger partial charge is 0.337 e. The SMILES string of the molecule is CC1CCC(C2CCC(C3=CC=CC(F)(F)C3(F)F)OC2)CC1. The Hall–Kier alpha value is -0.840. The van der Waals surface area contributed by atoms with Crippen LogP contribution in [0.1, 0.15) is 45.4 Å². The molecule has 1 heterocycles. The van der Waals surface area contributed by atoms with E-state index in [9.17, 15) is 17.6 Å². The van der Waals surface area contributed by atoms with Crippen molar-refractivity contribution in [3.8, 4) is 0 Å². The van der Waals surface area contributed by atoms with Gasteiger partial charge >= 0.3 is 11.8 Å². The van der Waals surface area contributed by atoms with E-state index in [1.165, 1.54) is 25.7 Å². The van der Waals surface area contributed by atoms with Gasteiger partial charge in [-0.3, -0.25) is 0 Å². The quantitative estimate of drug-likeness (QED) is 0.617. The minimum atomic E-state index is -4.15. The molecule has 0 spiro atoms. The molecule has 5 heteroatoms. The predicted molar refractivity (Wildman–Crippen MR) is 80.7 cm³/mol. The highest BCUT2D eigenvalue weighted by molar-refractivity contribution is 5.34. The highest BCUT2D eigenvalue weighted by Gasteiger charge is 2.59. The molecule has 0 aromatic carbocycles. The Morgan fingerprint density at radius 2 is 1.61 bits per heavy atom. The lowest BCUT2D eigenvalue weighted by atomic mass is 9.74. The molecule has 2 aliphatic carbocycles. The summed E-state index contributed by atoms with van der Waals surface area (Å²) in [6, 6.07) is 0. The van der Waals surface area contributed by atoms with Gasteiger partial charge in [-0.25, -0.2) is 0 Å². The van der Waals surface area contributed by atoms with Crippen molar-refractivity contribution in [2.45, 2.75) is 63.4 Å². The zero-order valence-corrected chi connectivity index (χ0v) is 13.4. The fourth-order valence-electron chi connectivity index (χ4n) is 4.13. The molecule has 0 radical (unpaired) electrons. The standard InChI is InChI=1S/C18H24F4O/c1-12-4-6-13(7-5-12)14-8-9-16(23-11-14)15-3-2-10-17(19,20)18(15,21)22/h2-3,10,12-14,16H,4-9,11H2,1H3.